The van der Waals surface area contributed by atoms with Crippen LogP contribution in [0.15, 0.2) is 12.4 Å². The molecule has 1 aliphatic rings. The molecule has 4 nitrogen and oxygen atoms in total. The summed E-state index contributed by atoms with van der Waals surface area (Å²) < 4.78 is 0. The summed E-state index contributed by atoms with van der Waals surface area (Å²) in [4.78, 5) is 9.49. The standard InChI is InChI=1S/C8H14N4/c1-12-5-7(6-12)11-4-8-9-2-3-10-8/h2-3,7,11H,4-6H2,1H3,(H,9,10). The number of rotatable bonds is 3. The molecule has 0 aliphatic carbocycles. The third-order valence-electron chi connectivity index (χ3n) is 2.18. The fourth-order valence-corrected chi connectivity index (χ4v) is 1.46. The van der Waals surface area contributed by atoms with E-state index in [4.69, 9.17) is 0 Å². The van der Waals surface area contributed by atoms with Gasteiger partial charge in [0.25, 0.3) is 0 Å². The lowest BCUT2D eigenvalue weighted by molar-refractivity contribution is 0.160. The fourth-order valence-electron chi connectivity index (χ4n) is 1.46. The van der Waals surface area contributed by atoms with Crippen LogP contribution in [-0.4, -0.2) is 41.0 Å². The van der Waals surface area contributed by atoms with Crippen LogP contribution in [0.5, 0.6) is 0 Å². The van der Waals surface area contributed by atoms with E-state index in [1.807, 2.05) is 6.20 Å². The van der Waals surface area contributed by atoms with Gasteiger partial charge in [-0.3, -0.25) is 0 Å². The van der Waals surface area contributed by atoms with Crippen LogP contribution in [-0.2, 0) is 6.54 Å². The molecule has 0 atom stereocenters. The molecule has 2 heterocycles. The van der Waals surface area contributed by atoms with E-state index in [9.17, 15) is 0 Å². The summed E-state index contributed by atoms with van der Waals surface area (Å²) in [6.45, 7) is 3.16. The minimum absolute atomic E-state index is 0.653. The second kappa shape index (κ2) is 3.25. The number of H-pyrrole nitrogens is 1. The maximum absolute atomic E-state index is 4.13. The summed E-state index contributed by atoms with van der Waals surface area (Å²) in [7, 11) is 2.13. The van der Waals surface area contributed by atoms with Crippen LogP contribution in [0.3, 0.4) is 0 Å². The van der Waals surface area contributed by atoms with Gasteiger partial charge in [-0.15, -0.1) is 0 Å². The summed E-state index contributed by atoms with van der Waals surface area (Å²) in [6.07, 6.45) is 3.63. The van der Waals surface area contributed by atoms with Crippen molar-refractivity contribution in [2.24, 2.45) is 0 Å². The van der Waals surface area contributed by atoms with Crippen molar-refractivity contribution in [1.29, 1.82) is 0 Å². The van der Waals surface area contributed by atoms with E-state index < -0.39 is 0 Å². The molecule has 12 heavy (non-hydrogen) atoms. The van der Waals surface area contributed by atoms with Crippen molar-refractivity contribution in [1.82, 2.24) is 20.2 Å². The second-order valence-electron chi connectivity index (χ2n) is 3.33. The van der Waals surface area contributed by atoms with E-state index in [2.05, 4.69) is 27.2 Å². The largest absolute Gasteiger partial charge is 0.348 e. The zero-order valence-corrected chi connectivity index (χ0v) is 7.25. The molecule has 1 aromatic heterocycles. The van der Waals surface area contributed by atoms with E-state index in [0.29, 0.717) is 6.04 Å². The second-order valence-corrected chi connectivity index (χ2v) is 3.33. The Labute approximate surface area is 72.0 Å². The molecule has 1 aromatic rings. The van der Waals surface area contributed by atoms with Crippen LogP contribution >= 0.6 is 0 Å². The highest BCUT2D eigenvalue weighted by molar-refractivity contribution is 4.90. The molecule has 1 fully saturated rings. The molecule has 0 unspecified atom stereocenters. The highest BCUT2D eigenvalue weighted by atomic mass is 15.2. The molecule has 0 radical (unpaired) electrons. The molecule has 0 amide bonds. The Morgan fingerprint density at radius 3 is 3.17 bits per heavy atom. The van der Waals surface area contributed by atoms with Gasteiger partial charge in [-0.2, -0.15) is 0 Å². The van der Waals surface area contributed by atoms with Gasteiger partial charge >= 0.3 is 0 Å². The molecule has 0 saturated carbocycles. The number of imidazole rings is 1. The maximum Gasteiger partial charge on any atom is 0.120 e. The Morgan fingerprint density at radius 1 is 1.75 bits per heavy atom. The van der Waals surface area contributed by atoms with Gasteiger partial charge in [0.1, 0.15) is 5.82 Å². The quantitative estimate of drug-likeness (QED) is 0.654. The Hall–Kier alpha value is -0.870. The lowest BCUT2D eigenvalue weighted by atomic mass is 10.1. The zero-order chi connectivity index (χ0) is 8.39. The molecule has 0 spiro atoms. The summed E-state index contributed by atoms with van der Waals surface area (Å²) in [5, 5.41) is 3.42. The van der Waals surface area contributed by atoms with Crippen molar-refractivity contribution in [3.8, 4) is 0 Å². The van der Waals surface area contributed by atoms with E-state index in [1.54, 1.807) is 6.20 Å². The van der Waals surface area contributed by atoms with Gasteiger partial charge < -0.3 is 15.2 Å². The minimum Gasteiger partial charge on any atom is -0.348 e. The Bertz CT molecular complexity index is 225. The first kappa shape index (κ1) is 7.76. The Balaban J connectivity index is 1.70. The SMILES string of the molecule is CN1CC(NCc2ncc[nH]2)C1. The van der Waals surface area contributed by atoms with Crippen molar-refractivity contribution < 1.29 is 0 Å². The first-order valence-corrected chi connectivity index (χ1v) is 4.25. The number of hydrogen-bond donors (Lipinski definition) is 2. The van der Waals surface area contributed by atoms with Crippen LogP contribution in [0.4, 0.5) is 0 Å². The predicted molar refractivity (Wildman–Crippen MR) is 46.7 cm³/mol. The molecule has 1 aliphatic heterocycles. The van der Waals surface area contributed by atoms with Crippen molar-refractivity contribution in [3.05, 3.63) is 18.2 Å². The van der Waals surface area contributed by atoms with Crippen LogP contribution in [0.2, 0.25) is 0 Å². The van der Waals surface area contributed by atoms with E-state index >= 15 is 0 Å². The van der Waals surface area contributed by atoms with Crippen LogP contribution in [0.1, 0.15) is 5.82 Å². The highest BCUT2D eigenvalue weighted by Gasteiger charge is 2.21. The van der Waals surface area contributed by atoms with Crippen molar-refractivity contribution in [2.75, 3.05) is 20.1 Å². The molecule has 0 bridgehead atoms. The predicted octanol–water partition coefficient (Wildman–Crippen LogP) is -0.187. The number of nitrogens with one attached hydrogen (secondary N) is 2. The van der Waals surface area contributed by atoms with Gasteiger partial charge in [-0.05, 0) is 7.05 Å². The first-order chi connectivity index (χ1) is 5.84. The van der Waals surface area contributed by atoms with Gasteiger partial charge in [0.2, 0.25) is 0 Å². The molecular formula is C8H14N4. The topological polar surface area (TPSA) is 44.0 Å². The maximum atomic E-state index is 4.13. The summed E-state index contributed by atoms with van der Waals surface area (Å²) >= 11 is 0. The normalized spacial score (nSPS) is 19.4. The molecule has 2 rings (SSSR count). The third kappa shape index (κ3) is 1.65. The molecule has 4 heteroatoms. The average molecular weight is 166 g/mol. The average Bonchev–Trinajstić information content (AvgIpc) is 2.47. The lowest BCUT2D eigenvalue weighted by Crippen LogP contribution is -2.55. The van der Waals surface area contributed by atoms with E-state index in [-0.39, 0.29) is 0 Å². The van der Waals surface area contributed by atoms with Gasteiger partial charge in [-0.1, -0.05) is 0 Å². The van der Waals surface area contributed by atoms with E-state index in [1.165, 1.54) is 0 Å². The molecule has 1 saturated heterocycles. The number of aromatic amines is 1. The lowest BCUT2D eigenvalue weighted by Gasteiger charge is -2.36. The number of likely N-dealkylation sites (N-methyl/N-ethyl adjacent to an activating group) is 1. The van der Waals surface area contributed by atoms with Crippen molar-refractivity contribution in [2.45, 2.75) is 12.6 Å². The van der Waals surface area contributed by atoms with Crippen molar-refractivity contribution in [3.63, 3.8) is 0 Å². The first-order valence-electron chi connectivity index (χ1n) is 4.25. The minimum atomic E-state index is 0.653. The van der Waals surface area contributed by atoms with E-state index in [0.717, 1.165) is 25.5 Å². The van der Waals surface area contributed by atoms with Crippen LogP contribution in [0, 0.1) is 0 Å². The third-order valence-corrected chi connectivity index (χ3v) is 2.18. The van der Waals surface area contributed by atoms with Crippen molar-refractivity contribution >= 4 is 0 Å². The molecular weight excluding hydrogens is 152 g/mol. The number of likely N-dealkylation sites (tertiary alicyclic amines) is 1. The van der Waals surface area contributed by atoms with Gasteiger partial charge in [0, 0.05) is 31.5 Å². The monoisotopic (exact) mass is 166 g/mol. The van der Waals surface area contributed by atoms with Gasteiger partial charge in [0.15, 0.2) is 0 Å². The van der Waals surface area contributed by atoms with Crippen LogP contribution in [0.25, 0.3) is 0 Å². The number of hydrogen-bond acceptors (Lipinski definition) is 3. The van der Waals surface area contributed by atoms with Gasteiger partial charge in [0.05, 0.1) is 6.54 Å². The zero-order valence-electron chi connectivity index (χ0n) is 7.25. The highest BCUT2D eigenvalue weighted by Crippen LogP contribution is 2.03. The molecule has 2 N–H and O–H groups in total. The van der Waals surface area contributed by atoms with Gasteiger partial charge in [-0.25, -0.2) is 4.98 Å². The Kier molecular flexibility index (Phi) is 2.10. The summed E-state index contributed by atoms with van der Waals surface area (Å²) in [5.74, 6) is 1.02. The number of nitrogens with zero attached hydrogens (tertiary/aromatic N) is 2. The molecule has 0 aromatic carbocycles. The molecule has 66 valence electrons. The Morgan fingerprint density at radius 2 is 2.58 bits per heavy atom. The number of aromatic nitrogens is 2. The van der Waals surface area contributed by atoms with Crippen LogP contribution < -0.4 is 5.32 Å². The fraction of sp³-hybridized carbons (Fsp3) is 0.625. The smallest absolute Gasteiger partial charge is 0.120 e. The summed E-state index contributed by atoms with van der Waals surface area (Å²) in [5.41, 5.74) is 0. The summed E-state index contributed by atoms with van der Waals surface area (Å²) in [6, 6.07) is 0.653.